The topological polar surface area (TPSA) is 38.9 Å². The molecule has 1 aromatic heterocycles. The molecule has 2 nitrogen and oxygen atoms in total. The minimum Gasteiger partial charge on any atom is -0.330 e. The first-order valence-electron chi connectivity index (χ1n) is 4.54. The van der Waals surface area contributed by atoms with Gasteiger partial charge in [-0.25, -0.2) is 4.39 Å². The second kappa shape index (κ2) is 3.72. The zero-order valence-corrected chi connectivity index (χ0v) is 7.70. The van der Waals surface area contributed by atoms with Crippen LogP contribution in [0.15, 0.2) is 30.5 Å². The van der Waals surface area contributed by atoms with Gasteiger partial charge in [-0.15, -0.1) is 0 Å². The molecule has 0 aliphatic rings. The highest BCUT2D eigenvalue weighted by molar-refractivity contribution is 5.79. The summed E-state index contributed by atoms with van der Waals surface area (Å²) in [6.45, 7) is 0.461. The Morgan fingerprint density at radius 3 is 3.00 bits per heavy atom. The van der Waals surface area contributed by atoms with Gasteiger partial charge in [0.2, 0.25) is 0 Å². The average molecular weight is 190 g/mol. The molecular weight excluding hydrogens is 179 g/mol. The Morgan fingerprint density at radius 1 is 1.36 bits per heavy atom. The molecule has 0 saturated carbocycles. The number of pyridine rings is 1. The molecule has 2 N–H and O–H groups in total. The van der Waals surface area contributed by atoms with E-state index in [1.807, 2.05) is 18.2 Å². The van der Waals surface area contributed by atoms with E-state index in [1.165, 1.54) is 6.07 Å². The Balaban J connectivity index is 2.59. The number of aromatic nitrogens is 1. The van der Waals surface area contributed by atoms with Crippen molar-refractivity contribution in [3.63, 3.8) is 0 Å². The predicted octanol–water partition coefficient (Wildman–Crippen LogP) is 1.88. The van der Waals surface area contributed by atoms with E-state index in [4.69, 9.17) is 5.73 Å². The normalized spacial score (nSPS) is 10.7. The van der Waals surface area contributed by atoms with Crippen LogP contribution < -0.4 is 5.73 Å². The molecule has 0 saturated heterocycles. The van der Waals surface area contributed by atoms with Gasteiger partial charge in [0.05, 0.1) is 5.52 Å². The summed E-state index contributed by atoms with van der Waals surface area (Å²) in [5.74, 6) is -0.221. The predicted molar refractivity (Wildman–Crippen MR) is 54.5 cm³/mol. The van der Waals surface area contributed by atoms with E-state index in [0.717, 1.165) is 5.39 Å². The van der Waals surface area contributed by atoms with Gasteiger partial charge in [0.25, 0.3) is 0 Å². The molecule has 1 aromatic carbocycles. The quantitative estimate of drug-likeness (QED) is 0.785. The van der Waals surface area contributed by atoms with E-state index in [-0.39, 0.29) is 5.82 Å². The maximum atomic E-state index is 13.4. The van der Waals surface area contributed by atoms with Crippen molar-refractivity contribution in [1.29, 1.82) is 0 Å². The number of hydrogen-bond donors (Lipinski definition) is 1. The smallest absolute Gasteiger partial charge is 0.128 e. The molecule has 0 fully saturated rings. The SMILES string of the molecule is NCCc1cc2cccnc2cc1F. The van der Waals surface area contributed by atoms with Crippen LogP contribution in [-0.2, 0) is 6.42 Å². The average Bonchev–Trinajstić information content (AvgIpc) is 2.19. The van der Waals surface area contributed by atoms with E-state index in [1.54, 1.807) is 6.20 Å². The lowest BCUT2D eigenvalue weighted by Crippen LogP contribution is -2.04. The molecule has 3 heteroatoms. The first kappa shape index (κ1) is 9.09. The molecule has 0 radical (unpaired) electrons. The maximum Gasteiger partial charge on any atom is 0.128 e. The van der Waals surface area contributed by atoms with Crippen molar-refractivity contribution in [1.82, 2.24) is 4.98 Å². The lowest BCUT2D eigenvalue weighted by atomic mass is 10.1. The lowest BCUT2D eigenvalue weighted by Gasteiger charge is -2.03. The fourth-order valence-electron chi connectivity index (χ4n) is 1.49. The summed E-state index contributed by atoms with van der Waals surface area (Å²) in [6, 6.07) is 7.03. The molecule has 0 aliphatic carbocycles. The Morgan fingerprint density at radius 2 is 2.21 bits per heavy atom. The summed E-state index contributed by atoms with van der Waals surface area (Å²) in [4.78, 5) is 4.07. The molecule has 2 rings (SSSR count). The molecular formula is C11H11FN2. The molecule has 1 heterocycles. The maximum absolute atomic E-state index is 13.4. The number of nitrogens with zero attached hydrogens (tertiary/aromatic N) is 1. The molecule has 14 heavy (non-hydrogen) atoms. The van der Waals surface area contributed by atoms with E-state index in [9.17, 15) is 4.39 Å². The monoisotopic (exact) mass is 190 g/mol. The van der Waals surface area contributed by atoms with Crippen molar-refractivity contribution in [2.24, 2.45) is 5.73 Å². The zero-order valence-electron chi connectivity index (χ0n) is 7.70. The van der Waals surface area contributed by atoms with E-state index >= 15 is 0 Å². The largest absolute Gasteiger partial charge is 0.330 e. The first-order chi connectivity index (χ1) is 6.81. The Kier molecular flexibility index (Phi) is 2.41. The second-order valence-corrected chi connectivity index (χ2v) is 3.18. The molecule has 0 aliphatic heterocycles. The van der Waals surface area contributed by atoms with Crippen LogP contribution in [0.3, 0.4) is 0 Å². The van der Waals surface area contributed by atoms with Crippen molar-refractivity contribution in [2.45, 2.75) is 6.42 Å². The van der Waals surface area contributed by atoms with Gasteiger partial charge in [-0.05, 0) is 30.7 Å². The highest BCUT2D eigenvalue weighted by Gasteiger charge is 2.03. The molecule has 0 unspecified atom stereocenters. The standard InChI is InChI=1S/C11H11FN2/c12-10-7-11-9(2-1-5-14-11)6-8(10)3-4-13/h1-2,5-7H,3-4,13H2. The summed E-state index contributed by atoms with van der Waals surface area (Å²) in [6.07, 6.45) is 2.22. The molecule has 0 amide bonds. The summed E-state index contributed by atoms with van der Waals surface area (Å²) >= 11 is 0. The fraction of sp³-hybridized carbons (Fsp3) is 0.182. The van der Waals surface area contributed by atoms with Gasteiger partial charge in [-0.2, -0.15) is 0 Å². The van der Waals surface area contributed by atoms with Gasteiger partial charge in [0.1, 0.15) is 5.82 Å². The minimum absolute atomic E-state index is 0.221. The van der Waals surface area contributed by atoms with Crippen LogP contribution >= 0.6 is 0 Å². The van der Waals surface area contributed by atoms with Crippen LogP contribution in [0.5, 0.6) is 0 Å². The Bertz CT molecular complexity index is 454. The third kappa shape index (κ3) is 1.59. The number of fused-ring (bicyclic) bond motifs is 1. The molecule has 0 bridgehead atoms. The number of halogens is 1. The third-order valence-corrected chi connectivity index (χ3v) is 2.18. The highest BCUT2D eigenvalue weighted by atomic mass is 19.1. The van der Waals surface area contributed by atoms with Crippen LogP contribution in [0, 0.1) is 5.82 Å². The van der Waals surface area contributed by atoms with Crippen LogP contribution in [0.25, 0.3) is 10.9 Å². The van der Waals surface area contributed by atoms with Crippen molar-refractivity contribution < 1.29 is 4.39 Å². The summed E-state index contributed by atoms with van der Waals surface area (Å²) in [7, 11) is 0. The molecule has 0 spiro atoms. The van der Waals surface area contributed by atoms with Crippen LogP contribution in [0.4, 0.5) is 4.39 Å². The highest BCUT2D eigenvalue weighted by Crippen LogP contribution is 2.17. The van der Waals surface area contributed by atoms with Crippen LogP contribution in [0.1, 0.15) is 5.56 Å². The zero-order chi connectivity index (χ0) is 9.97. The Labute approximate surface area is 81.6 Å². The number of benzene rings is 1. The summed E-state index contributed by atoms with van der Waals surface area (Å²) in [5.41, 5.74) is 6.74. The number of hydrogen-bond acceptors (Lipinski definition) is 2. The number of rotatable bonds is 2. The summed E-state index contributed by atoms with van der Waals surface area (Å²) < 4.78 is 13.4. The van der Waals surface area contributed by atoms with E-state index < -0.39 is 0 Å². The van der Waals surface area contributed by atoms with Gasteiger partial charge >= 0.3 is 0 Å². The van der Waals surface area contributed by atoms with Crippen molar-refractivity contribution in [2.75, 3.05) is 6.54 Å². The van der Waals surface area contributed by atoms with Gasteiger partial charge in [0, 0.05) is 17.6 Å². The second-order valence-electron chi connectivity index (χ2n) is 3.18. The van der Waals surface area contributed by atoms with E-state index in [0.29, 0.717) is 24.0 Å². The summed E-state index contributed by atoms with van der Waals surface area (Å²) in [5, 5.41) is 0.956. The molecule has 72 valence electrons. The van der Waals surface area contributed by atoms with Crippen molar-refractivity contribution in [3.8, 4) is 0 Å². The minimum atomic E-state index is -0.221. The van der Waals surface area contributed by atoms with Crippen molar-refractivity contribution in [3.05, 3.63) is 41.8 Å². The first-order valence-corrected chi connectivity index (χ1v) is 4.54. The van der Waals surface area contributed by atoms with Gasteiger partial charge in [-0.3, -0.25) is 4.98 Å². The third-order valence-electron chi connectivity index (χ3n) is 2.18. The van der Waals surface area contributed by atoms with Crippen molar-refractivity contribution >= 4 is 10.9 Å². The lowest BCUT2D eigenvalue weighted by molar-refractivity contribution is 0.611. The fourth-order valence-corrected chi connectivity index (χ4v) is 1.49. The molecule has 0 atom stereocenters. The molecule has 2 aromatic rings. The number of nitrogens with two attached hydrogens (primary N) is 1. The van der Waals surface area contributed by atoms with Crippen LogP contribution in [0.2, 0.25) is 0 Å². The van der Waals surface area contributed by atoms with E-state index in [2.05, 4.69) is 4.98 Å². The van der Waals surface area contributed by atoms with Gasteiger partial charge < -0.3 is 5.73 Å². The van der Waals surface area contributed by atoms with Gasteiger partial charge in [0.15, 0.2) is 0 Å². The van der Waals surface area contributed by atoms with Gasteiger partial charge in [-0.1, -0.05) is 6.07 Å². The Hall–Kier alpha value is -1.48. The van der Waals surface area contributed by atoms with Crippen LogP contribution in [-0.4, -0.2) is 11.5 Å².